The molecular weight excluding hydrogens is 212 g/mol. The minimum Gasteiger partial charge on any atom is -0.314 e. The fraction of sp³-hybridized carbons (Fsp3) is 1.00. The molecule has 0 saturated heterocycles. The van der Waals surface area contributed by atoms with E-state index >= 15 is 0 Å². The van der Waals surface area contributed by atoms with Crippen molar-refractivity contribution < 1.29 is 8.42 Å². The quantitative estimate of drug-likeness (QED) is 0.612. The van der Waals surface area contributed by atoms with Crippen LogP contribution in [0.4, 0.5) is 0 Å². The van der Waals surface area contributed by atoms with Crippen LogP contribution >= 0.6 is 0 Å². The van der Waals surface area contributed by atoms with E-state index in [4.69, 9.17) is 0 Å². The van der Waals surface area contributed by atoms with E-state index in [1.165, 1.54) is 12.8 Å². The van der Waals surface area contributed by atoms with Crippen LogP contribution in [-0.4, -0.2) is 32.8 Å². The summed E-state index contributed by atoms with van der Waals surface area (Å²) < 4.78 is 25.4. The Morgan fingerprint density at radius 3 is 2.47 bits per heavy atom. The Labute approximate surface area is 92.9 Å². The molecule has 0 spiro atoms. The molecular formula is C10H22N2O2S. The van der Waals surface area contributed by atoms with Gasteiger partial charge in [-0.05, 0) is 46.1 Å². The Hall–Kier alpha value is -0.130. The van der Waals surface area contributed by atoms with Crippen molar-refractivity contribution >= 4 is 10.0 Å². The molecule has 0 aromatic heterocycles. The molecule has 1 saturated carbocycles. The number of nitrogens with one attached hydrogen (secondary N) is 2. The molecule has 1 fully saturated rings. The van der Waals surface area contributed by atoms with Gasteiger partial charge in [-0.3, -0.25) is 0 Å². The van der Waals surface area contributed by atoms with Crippen molar-refractivity contribution in [1.29, 1.82) is 0 Å². The minimum absolute atomic E-state index is 0.000381. The molecule has 5 heteroatoms. The molecule has 1 aliphatic rings. The number of hydrogen-bond acceptors (Lipinski definition) is 3. The summed E-state index contributed by atoms with van der Waals surface area (Å²) in [5.41, 5.74) is 0. The van der Waals surface area contributed by atoms with Gasteiger partial charge in [0.2, 0.25) is 10.0 Å². The summed E-state index contributed by atoms with van der Waals surface area (Å²) >= 11 is 0. The summed E-state index contributed by atoms with van der Waals surface area (Å²) in [6.45, 7) is 4.63. The fourth-order valence-corrected chi connectivity index (χ4v) is 2.85. The lowest BCUT2D eigenvalue weighted by Gasteiger charge is -2.09. The van der Waals surface area contributed by atoms with Gasteiger partial charge in [-0.2, -0.15) is 0 Å². The Bertz CT molecular complexity index is 271. The molecule has 0 unspecified atom stereocenters. The van der Waals surface area contributed by atoms with Crippen LogP contribution in [0.5, 0.6) is 0 Å². The van der Waals surface area contributed by atoms with Gasteiger partial charge < -0.3 is 5.32 Å². The van der Waals surface area contributed by atoms with E-state index in [0.29, 0.717) is 0 Å². The smallest absolute Gasteiger partial charge is 0.211 e. The van der Waals surface area contributed by atoms with Gasteiger partial charge in [0.1, 0.15) is 0 Å². The van der Waals surface area contributed by atoms with Crippen molar-refractivity contribution in [2.75, 3.05) is 12.3 Å². The second-order valence-electron chi connectivity index (χ2n) is 4.53. The number of unbranched alkanes of at least 4 members (excludes halogenated alkanes) is 1. The van der Waals surface area contributed by atoms with Crippen LogP contribution in [0.25, 0.3) is 0 Å². The van der Waals surface area contributed by atoms with Crippen molar-refractivity contribution in [1.82, 2.24) is 10.0 Å². The maximum atomic E-state index is 11.4. The van der Waals surface area contributed by atoms with Gasteiger partial charge in [0.25, 0.3) is 0 Å². The number of sulfonamides is 1. The number of hydrogen-bond donors (Lipinski definition) is 2. The van der Waals surface area contributed by atoms with Gasteiger partial charge in [-0.1, -0.05) is 0 Å². The second-order valence-corrected chi connectivity index (χ2v) is 6.40. The molecule has 0 heterocycles. The van der Waals surface area contributed by atoms with Crippen LogP contribution in [0.3, 0.4) is 0 Å². The van der Waals surface area contributed by atoms with Crippen LogP contribution in [0.15, 0.2) is 0 Å². The van der Waals surface area contributed by atoms with Crippen LogP contribution in [-0.2, 0) is 10.0 Å². The molecule has 0 atom stereocenters. The normalized spacial score (nSPS) is 17.3. The number of rotatable bonds is 8. The maximum Gasteiger partial charge on any atom is 0.211 e. The lowest BCUT2D eigenvalue weighted by molar-refractivity contribution is 0.562. The van der Waals surface area contributed by atoms with Crippen molar-refractivity contribution in [3.8, 4) is 0 Å². The first-order valence-electron chi connectivity index (χ1n) is 5.73. The van der Waals surface area contributed by atoms with Gasteiger partial charge in [0.15, 0.2) is 0 Å². The van der Waals surface area contributed by atoms with E-state index in [2.05, 4.69) is 10.0 Å². The zero-order valence-electron chi connectivity index (χ0n) is 9.62. The molecule has 15 heavy (non-hydrogen) atoms. The minimum atomic E-state index is -3.04. The molecule has 4 nitrogen and oxygen atoms in total. The molecule has 0 aromatic carbocycles. The Balaban J connectivity index is 2.01. The van der Waals surface area contributed by atoms with E-state index in [1.807, 2.05) is 13.8 Å². The molecule has 0 aromatic rings. The summed E-state index contributed by atoms with van der Waals surface area (Å²) in [7, 11) is -3.04. The lowest BCUT2D eigenvalue weighted by Crippen LogP contribution is -2.32. The van der Waals surface area contributed by atoms with E-state index in [9.17, 15) is 8.42 Å². The first kappa shape index (κ1) is 12.9. The van der Waals surface area contributed by atoms with Crippen molar-refractivity contribution in [3.63, 3.8) is 0 Å². The zero-order chi connectivity index (χ0) is 11.3. The molecule has 1 rings (SSSR count). The maximum absolute atomic E-state index is 11.4. The Morgan fingerprint density at radius 1 is 1.27 bits per heavy atom. The molecule has 0 aliphatic heterocycles. The monoisotopic (exact) mass is 234 g/mol. The summed E-state index contributed by atoms with van der Waals surface area (Å²) in [4.78, 5) is 0. The lowest BCUT2D eigenvalue weighted by atomic mass is 10.3. The Kier molecular flexibility index (Phi) is 5.02. The van der Waals surface area contributed by atoms with Crippen LogP contribution in [0.2, 0.25) is 0 Å². The molecule has 0 amide bonds. The summed E-state index contributed by atoms with van der Waals surface area (Å²) in [5.74, 6) is 0.248. The van der Waals surface area contributed by atoms with Crippen molar-refractivity contribution in [2.45, 2.75) is 51.6 Å². The fourth-order valence-electron chi connectivity index (χ4n) is 1.43. The third-order valence-corrected chi connectivity index (χ3v) is 3.92. The van der Waals surface area contributed by atoms with Crippen molar-refractivity contribution in [2.24, 2.45) is 0 Å². The molecule has 0 radical (unpaired) electrons. The van der Waals surface area contributed by atoms with Crippen LogP contribution < -0.4 is 10.0 Å². The molecule has 90 valence electrons. The highest BCUT2D eigenvalue weighted by atomic mass is 32.2. The standard InChI is InChI=1S/C10H22N2O2S/c1-9(2)12-15(13,14)8-4-3-7-11-10-5-6-10/h9-12H,3-8H2,1-2H3. The highest BCUT2D eigenvalue weighted by Crippen LogP contribution is 2.18. The summed E-state index contributed by atoms with van der Waals surface area (Å²) in [6.07, 6.45) is 4.25. The molecule has 0 bridgehead atoms. The summed E-state index contributed by atoms with van der Waals surface area (Å²) in [6, 6.07) is 0.718. The van der Waals surface area contributed by atoms with Gasteiger partial charge in [-0.15, -0.1) is 0 Å². The molecule has 1 aliphatic carbocycles. The SMILES string of the molecule is CC(C)NS(=O)(=O)CCCCNC1CC1. The van der Waals surface area contributed by atoms with Gasteiger partial charge >= 0.3 is 0 Å². The van der Waals surface area contributed by atoms with Crippen LogP contribution in [0.1, 0.15) is 39.5 Å². The van der Waals surface area contributed by atoms with E-state index in [-0.39, 0.29) is 11.8 Å². The zero-order valence-corrected chi connectivity index (χ0v) is 10.4. The van der Waals surface area contributed by atoms with Gasteiger partial charge in [-0.25, -0.2) is 13.1 Å². The third-order valence-electron chi connectivity index (χ3n) is 2.27. The Morgan fingerprint density at radius 2 is 1.93 bits per heavy atom. The third kappa shape index (κ3) is 6.87. The average Bonchev–Trinajstić information content (AvgIpc) is 2.84. The van der Waals surface area contributed by atoms with E-state index in [1.54, 1.807) is 0 Å². The highest BCUT2D eigenvalue weighted by molar-refractivity contribution is 7.89. The first-order valence-corrected chi connectivity index (χ1v) is 7.38. The van der Waals surface area contributed by atoms with Gasteiger partial charge in [0, 0.05) is 12.1 Å². The first-order chi connectivity index (χ1) is 6.99. The second kappa shape index (κ2) is 5.82. The van der Waals surface area contributed by atoms with Crippen LogP contribution in [0, 0.1) is 0 Å². The predicted molar refractivity (Wildman–Crippen MR) is 62.3 cm³/mol. The van der Waals surface area contributed by atoms with E-state index in [0.717, 1.165) is 25.4 Å². The topological polar surface area (TPSA) is 58.2 Å². The molecule has 2 N–H and O–H groups in total. The van der Waals surface area contributed by atoms with E-state index < -0.39 is 10.0 Å². The van der Waals surface area contributed by atoms with Crippen molar-refractivity contribution in [3.05, 3.63) is 0 Å². The summed E-state index contributed by atoms with van der Waals surface area (Å²) in [5, 5.41) is 3.37. The largest absolute Gasteiger partial charge is 0.314 e. The van der Waals surface area contributed by atoms with Gasteiger partial charge in [0.05, 0.1) is 5.75 Å². The predicted octanol–water partition coefficient (Wildman–Crippen LogP) is 0.846. The average molecular weight is 234 g/mol. The highest BCUT2D eigenvalue weighted by Gasteiger charge is 2.19.